The van der Waals surface area contributed by atoms with Crippen molar-refractivity contribution in [2.45, 2.75) is 0 Å². The molecule has 0 saturated heterocycles. The molecular formula is C13H20N2O6. The standard InChI is InChI=1S/C13H20N2O6/c1-3-11(16)20-8-6-15-13(18)14-5-7-19-9-10-21-12(17)4-2/h3-4H,1-2,5-10H2,(H2,14,15,18). The molecule has 8 nitrogen and oxygen atoms in total. The van der Waals surface area contributed by atoms with E-state index >= 15 is 0 Å². The zero-order valence-electron chi connectivity index (χ0n) is 11.8. The number of rotatable bonds is 11. The quantitative estimate of drug-likeness (QED) is 0.310. The first-order valence-corrected chi connectivity index (χ1v) is 6.28. The van der Waals surface area contributed by atoms with Gasteiger partial charge in [-0.3, -0.25) is 0 Å². The Morgan fingerprint density at radius 1 is 0.810 bits per heavy atom. The Morgan fingerprint density at radius 3 is 1.90 bits per heavy atom. The maximum atomic E-state index is 11.3. The topological polar surface area (TPSA) is 103 Å². The SMILES string of the molecule is C=CC(=O)OCCNC(=O)NCCOCCOC(=O)C=C. The maximum absolute atomic E-state index is 11.3. The van der Waals surface area contributed by atoms with Crippen molar-refractivity contribution in [2.24, 2.45) is 0 Å². The van der Waals surface area contributed by atoms with E-state index in [1.807, 2.05) is 0 Å². The van der Waals surface area contributed by atoms with Crippen LogP contribution < -0.4 is 10.6 Å². The Hall–Kier alpha value is -2.35. The van der Waals surface area contributed by atoms with E-state index in [1.54, 1.807) is 0 Å². The molecule has 0 fully saturated rings. The fraction of sp³-hybridized carbons (Fsp3) is 0.462. The fourth-order valence-electron chi connectivity index (χ4n) is 1.04. The lowest BCUT2D eigenvalue weighted by Gasteiger charge is -2.08. The number of amides is 2. The Kier molecular flexibility index (Phi) is 11.3. The lowest BCUT2D eigenvalue weighted by Crippen LogP contribution is -2.39. The summed E-state index contributed by atoms with van der Waals surface area (Å²) in [5, 5.41) is 5.03. The van der Waals surface area contributed by atoms with Gasteiger partial charge in [0.05, 0.1) is 19.8 Å². The fourth-order valence-corrected chi connectivity index (χ4v) is 1.04. The Bertz CT molecular complexity index is 370. The third kappa shape index (κ3) is 12.4. The van der Waals surface area contributed by atoms with Gasteiger partial charge in [0.15, 0.2) is 0 Å². The van der Waals surface area contributed by atoms with Crippen molar-refractivity contribution < 1.29 is 28.6 Å². The number of carbonyl (C=O) groups is 3. The van der Waals surface area contributed by atoms with Gasteiger partial charge in [0.25, 0.3) is 0 Å². The molecule has 0 aromatic carbocycles. The van der Waals surface area contributed by atoms with Gasteiger partial charge in [-0.15, -0.1) is 0 Å². The second-order valence-corrected chi connectivity index (χ2v) is 3.54. The molecule has 0 aromatic rings. The summed E-state index contributed by atoms with van der Waals surface area (Å²) in [7, 11) is 0. The summed E-state index contributed by atoms with van der Waals surface area (Å²) in [6.45, 7) is 7.71. The summed E-state index contributed by atoms with van der Waals surface area (Å²) in [5.74, 6) is -1.05. The highest BCUT2D eigenvalue weighted by atomic mass is 16.6. The molecule has 0 radical (unpaired) electrons. The molecule has 0 atom stereocenters. The predicted octanol–water partition coefficient (Wildman–Crippen LogP) is -0.239. The molecule has 0 aromatic heterocycles. The van der Waals surface area contributed by atoms with Crippen molar-refractivity contribution in [3.8, 4) is 0 Å². The van der Waals surface area contributed by atoms with Crippen molar-refractivity contribution in [1.29, 1.82) is 0 Å². The Balaban J connectivity index is 3.34. The molecule has 0 aliphatic heterocycles. The third-order valence-electron chi connectivity index (χ3n) is 1.97. The van der Waals surface area contributed by atoms with E-state index in [-0.39, 0.29) is 33.0 Å². The largest absolute Gasteiger partial charge is 0.461 e. The summed E-state index contributed by atoms with van der Waals surface area (Å²) < 4.78 is 14.5. The minimum atomic E-state index is -0.539. The second kappa shape index (κ2) is 12.7. The van der Waals surface area contributed by atoms with Crippen LogP contribution in [0.15, 0.2) is 25.3 Å². The van der Waals surface area contributed by atoms with Crippen LogP contribution in [0.5, 0.6) is 0 Å². The average molecular weight is 300 g/mol. The highest BCUT2D eigenvalue weighted by Crippen LogP contribution is 1.81. The smallest absolute Gasteiger partial charge is 0.330 e. The van der Waals surface area contributed by atoms with Gasteiger partial charge in [-0.05, 0) is 0 Å². The summed E-state index contributed by atoms with van der Waals surface area (Å²) >= 11 is 0. The molecule has 0 aliphatic rings. The highest BCUT2D eigenvalue weighted by Gasteiger charge is 2.00. The highest BCUT2D eigenvalue weighted by molar-refractivity contribution is 5.81. The number of ether oxygens (including phenoxy) is 3. The van der Waals surface area contributed by atoms with E-state index in [0.29, 0.717) is 6.54 Å². The molecule has 0 unspecified atom stereocenters. The van der Waals surface area contributed by atoms with E-state index in [2.05, 4.69) is 33.3 Å². The minimum Gasteiger partial charge on any atom is -0.461 e. The van der Waals surface area contributed by atoms with Gasteiger partial charge >= 0.3 is 18.0 Å². The van der Waals surface area contributed by atoms with Crippen LogP contribution in [0.25, 0.3) is 0 Å². The van der Waals surface area contributed by atoms with Crippen molar-refractivity contribution in [2.75, 3.05) is 39.5 Å². The molecule has 0 spiro atoms. The van der Waals surface area contributed by atoms with Crippen LogP contribution in [-0.2, 0) is 23.8 Å². The first-order valence-electron chi connectivity index (χ1n) is 6.28. The van der Waals surface area contributed by atoms with Crippen molar-refractivity contribution in [3.63, 3.8) is 0 Å². The van der Waals surface area contributed by atoms with Gasteiger partial charge < -0.3 is 24.8 Å². The van der Waals surface area contributed by atoms with E-state index in [4.69, 9.17) is 4.74 Å². The molecule has 21 heavy (non-hydrogen) atoms. The second-order valence-electron chi connectivity index (χ2n) is 3.54. The van der Waals surface area contributed by atoms with Gasteiger partial charge in [-0.25, -0.2) is 14.4 Å². The van der Waals surface area contributed by atoms with Crippen LogP contribution in [0.4, 0.5) is 4.79 Å². The van der Waals surface area contributed by atoms with Crippen LogP contribution in [0.3, 0.4) is 0 Å². The number of hydrogen-bond donors (Lipinski definition) is 2. The van der Waals surface area contributed by atoms with E-state index in [0.717, 1.165) is 12.2 Å². The zero-order chi connectivity index (χ0) is 15.9. The molecule has 0 rings (SSSR count). The lowest BCUT2D eigenvalue weighted by molar-refractivity contribution is -0.139. The summed E-state index contributed by atoms with van der Waals surface area (Å²) in [6.07, 6.45) is 2.11. The zero-order valence-corrected chi connectivity index (χ0v) is 11.8. The number of urea groups is 1. The van der Waals surface area contributed by atoms with Crippen LogP contribution in [-0.4, -0.2) is 57.5 Å². The summed E-state index contributed by atoms with van der Waals surface area (Å²) in [5.41, 5.74) is 0. The molecule has 0 bridgehead atoms. The molecule has 8 heteroatoms. The molecule has 0 saturated carbocycles. The van der Waals surface area contributed by atoms with E-state index in [1.165, 1.54) is 0 Å². The Labute approximate surface area is 123 Å². The van der Waals surface area contributed by atoms with E-state index < -0.39 is 18.0 Å². The van der Waals surface area contributed by atoms with Crippen LogP contribution in [0.1, 0.15) is 0 Å². The number of hydrogen-bond acceptors (Lipinski definition) is 6. The normalized spacial score (nSPS) is 9.33. The summed E-state index contributed by atoms with van der Waals surface area (Å²) in [6, 6.07) is -0.397. The van der Waals surface area contributed by atoms with Gasteiger partial charge in [-0.2, -0.15) is 0 Å². The molecule has 2 N–H and O–H groups in total. The van der Waals surface area contributed by atoms with Crippen LogP contribution in [0.2, 0.25) is 0 Å². The molecular weight excluding hydrogens is 280 g/mol. The average Bonchev–Trinajstić information content (AvgIpc) is 2.49. The van der Waals surface area contributed by atoms with Crippen LogP contribution >= 0.6 is 0 Å². The molecule has 2 amide bonds. The molecule has 118 valence electrons. The first kappa shape index (κ1) is 18.7. The lowest BCUT2D eigenvalue weighted by atomic mass is 10.6. The summed E-state index contributed by atoms with van der Waals surface area (Å²) in [4.78, 5) is 32.6. The number of nitrogens with one attached hydrogen (secondary N) is 2. The number of esters is 2. The van der Waals surface area contributed by atoms with E-state index in [9.17, 15) is 14.4 Å². The monoisotopic (exact) mass is 300 g/mol. The molecule has 0 aliphatic carbocycles. The molecule has 0 heterocycles. The van der Waals surface area contributed by atoms with Crippen LogP contribution in [0, 0.1) is 0 Å². The van der Waals surface area contributed by atoms with Crippen molar-refractivity contribution in [3.05, 3.63) is 25.3 Å². The van der Waals surface area contributed by atoms with Gasteiger partial charge in [0, 0.05) is 18.7 Å². The Morgan fingerprint density at radius 2 is 1.33 bits per heavy atom. The number of carbonyl (C=O) groups excluding carboxylic acids is 3. The predicted molar refractivity (Wildman–Crippen MR) is 74.5 cm³/mol. The minimum absolute atomic E-state index is 0.0729. The third-order valence-corrected chi connectivity index (χ3v) is 1.97. The maximum Gasteiger partial charge on any atom is 0.330 e. The van der Waals surface area contributed by atoms with Gasteiger partial charge in [-0.1, -0.05) is 13.2 Å². The van der Waals surface area contributed by atoms with Gasteiger partial charge in [0.2, 0.25) is 0 Å². The first-order chi connectivity index (χ1) is 10.1. The van der Waals surface area contributed by atoms with Crippen molar-refractivity contribution >= 4 is 18.0 Å². The van der Waals surface area contributed by atoms with Gasteiger partial charge in [0.1, 0.15) is 13.2 Å². The van der Waals surface area contributed by atoms with Crippen molar-refractivity contribution in [1.82, 2.24) is 10.6 Å².